The topological polar surface area (TPSA) is 65.1 Å². The number of ether oxygens (including phenoxy) is 3. The summed E-state index contributed by atoms with van der Waals surface area (Å²) in [6.07, 6.45) is 1.86. The first kappa shape index (κ1) is 20.7. The van der Waals surface area contributed by atoms with Gasteiger partial charge in [0.1, 0.15) is 11.5 Å². The van der Waals surface area contributed by atoms with Crippen molar-refractivity contribution in [2.24, 2.45) is 0 Å². The Labute approximate surface area is 171 Å². The summed E-state index contributed by atoms with van der Waals surface area (Å²) < 4.78 is 16.1. The SMILES string of the molecule is COc1ccc(OC)c([C@H]2CCCN2C(=O)COC(=O)Cc2ccc(C)cc2)c1. The maximum atomic E-state index is 12.8. The minimum atomic E-state index is -0.406. The third kappa shape index (κ3) is 5.08. The van der Waals surface area contributed by atoms with E-state index in [9.17, 15) is 9.59 Å². The van der Waals surface area contributed by atoms with Crippen LogP contribution in [-0.4, -0.2) is 44.1 Å². The summed E-state index contributed by atoms with van der Waals surface area (Å²) in [6.45, 7) is 2.36. The standard InChI is InChI=1S/C23H27NO5/c1-16-6-8-17(9-7-16)13-23(26)29-15-22(25)24-12-4-5-20(24)19-14-18(27-2)10-11-21(19)28-3/h6-11,14,20H,4-5,12-13,15H2,1-3H3/t20-/m1/s1. The second-order valence-corrected chi connectivity index (χ2v) is 7.18. The van der Waals surface area contributed by atoms with Crippen LogP contribution in [0.3, 0.4) is 0 Å². The number of likely N-dealkylation sites (tertiary alicyclic amines) is 1. The summed E-state index contributed by atoms with van der Waals surface area (Å²) in [7, 11) is 3.22. The summed E-state index contributed by atoms with van der Waals surface area (Å²) in [4.78, 5) is 26.6. The number of carbonyl (C=O) groups is 2. The van der Waals surface area contributed by atoms with Gasteiger partial charge in [0.05, 0.1) is 26.7 Å². The molecular weight excluding hydrogens is 370 g/mol. The van der Waals surface area contributed by atoms with Crippen molar-refractivity contribution in [1.29, 1.82) is 0 Å². The third-order valence-corrected chi connectivity index (χ3v) is 5.19. The van der Waals surface area contributed by atoms with Crippen molar-refractivity contribution in [3.05, 3.63) is 59.2 Å². The second-order valence-electron chi connectivity index (χ2n) is 7.18. The van der Waals surface area contributed by atoms with Crippen molar-refractivity contribution in [2.45, 2.75) is 32.2 Å². The Kier molecular flexibility index (Phi) is 6.75. The van der Waals surface area contributed by atoms with E-state index in [2.05, 4.69) is 0 Å². The van der Waals surface area contributed by atoms with E-state index < -0.39 is 5.97 Å². The third-order valence-electron chi connectivity index (χ3n) is 5.19. The molecule has 0 bridgehead atoms. The fourth-order valence-electron chi connectivity index (χ4n) is 3.64. The molecule has 0 saturated carbocycles. The summed E-state index contributed by atoms with van der Waals surface area (Å²) in [5.74, 6) is 0.822. The van der Waals surface area contributed by atoms with Gasteiger partial charge in [-0.2, -0.15) is 0 Å². The number of carbonyl (C=O) groups excluding carboxylic acids is 2. The Hall–Kier alpha value is -3.02. The molecule has 1 saturated heterocycles. The fourth-order valence-corrected chi connectivity index (χ4v) is 3.64. The predicted molar refractivity (Wildman–Crippen MR) is 109 cm³/mol. The Morgan fingerprint density at radius 3 is 2.52 bits per heavy atom. The molecule has 0 aliphatic carbocycles. The average Bonchev–Trinajstić information content (AvgIpc) is 3.23. The van der Waals surface area contributed by atoms with Crippen LogP contribution in [0.4, 0.5) is 0 Å². The van der Waals surface area contributed by atoms with Crippen molar-refractivity contribution in [3.63, 3.8) is 0 Å². The Bertz CT molecular complexity index is 862. The highest BCUT2D eigenvalue weighted by molar-refractivity contribution is 5.82. The quantitative estimate of drug-likeness (QED) is 0.670. The lowest BCUT2D eigenvalue weighted by molar-refractivity contribution is -0.151. The number of nitrogens with zero attached hydrogens (tertiary/aromatic N) is 1. The lowest BCUT2D eigenvalue weighted by atomic mass is 10.0. The van der Waals surface area contributed by atoms with Gasteiger partial charge >= 0.3 is 5.97 Å². The molecule has 0 aromatic heterocycles. The Balaban J connectivity index is 1.63. The molecule has 0 radical (unpaired) electrons. The number of rotatable bonds is 7. The first-order valence-electron chi connectivity index (χ1n) is 9.74. The van der Waals surface area contributed by atoms with Gasteiger partial charge in [0.2, 0.25) is 0 Å². The molecule has 6 nitrogen and oxygen atoms in total. The van der Waals surface area contributed by atoms with Gasteiger partial charge in [-0.15, -0.1) is 0 Å². The fraction of sp³-hybridized carbons (Fsp3) is 0.391. The van der Waals surface area contributed by atoms with Crippen LogP contribution < -0.4 is 9.47 Å². The molecule has 3 rings (SSSR count). The van der Waals surface area contributed by atoms with E-state index in [-0.39, 0.29) is 25.0 Å². The van der Waals surface area contributed by atoms with Crippen LogP contribution in [0.25, 0.3) is 0 Å². The summed E-state index contributed by atoms with van der Waals surface area (Å²) in [5.41, 5.74) is 2.90. The molecule has 29 heavy (non-hydrogen) atoms. The first-order chi connectivity index (χ1) is 14.0. The molecule has 0 unspecified atom stereocenters. The molecule has 1 heterocycles. The smallest absolute Gasteiger partial charge is 0.310 e. The predicted octanol–water partition coefficient (Wildman–Crippen LogP) is 3.46. The van der Waals surface area contributed by atoms with Crippen LogP contribution in [-0.2, 0) is 20.7 Å². The summed E-state index contributed by atoms with van der Waals surface area (Å²) >= 11 is 0. The molecule has 0 N–H and O–H groups in total. The van der Waals surface area contributed by atoms with Gasteiger partial charge in [-0.25, -0.2) is 0 Å². The summed E-state index contributed by atoms with van der Waals surface area (Å²) in [6, 6.07) is 13.1. The van der Waals surface area contributed by atoms with E-state index in [1.165, 1.54) is 0 Å². The maximum Gasteiger partial charge on any atom is 0.310 e. The minimum Gasteiger partial charge on any atom is -0.497 e. The zero-order chi connectivity index (χ0) is 20.8. The number of methoxy groups -OCH3 is 2. The largest absolute Gasteiger partial charge is 0.497 e. The molecule has 6 heteroatoms. The van der Waals surface area contributed by atoms with Gasteiger partial charge < -0.3 is 19.1 Å². The monoisotopic (exact) mass is 397 g/mol. The lowest BCUT2D eigenvalue weighted by Crippen LogP contribution is -2.34. The number of esters is 1. The van der Waals surface area contributed by atoms with Crippen molar-refractivity contribution in [3.8, 4) is 11.5 Å². The minimum absolute atomic E-state index is 0.122. The molecule has 2 aromatic carbocycles. The molecular formula is C23H27NO5. The second kappa shape index (κ2) is 9.45. The van der Waals surface area contributed by atoms with Gasteiger partial charge in [0.15, 0.2) is 6.61 Å². The van der Waals surface area contributed by atoms with E-state index in [1.54, 1.807) is 19.1 Å². The molecule has 2 aromatic rings. The van der Waals surface area contributed by atoms with Crippen LogP contribution in [0.15, 0.2) is 42.5 Å². The molecule has 1 aliphatic rings. The zero-order valence-corrected chi connectivity index (χ0v) is 17.1. The van der Waals surface area contributed by atoms with Gasteiger partial charge in [-0.05, 0) is 43.5 Å². The van der Waals surface area contributed by atoms with Crippen LogP contribution in [0.5, 0.6) is 11.5 Å². The van der Waals surface area contributed by atoms with Crippen LogP contribution >= 0.6 is 0 Å². The van der Waals surface area contributed by atoms with Crippen LogP contribution in [0, 0.1) is 6.92 Å². The van der Waals surface area contributed by atoms with Crippen molar-refractivity contribution in [1.82, 2.24) is 4.90 Å². The van der Waals surface area contributed by atoms with Gasteiger partial charge in [0.25, 0.3) is 5.91 Å². The number of benzene rings is 2. The van der Waals surface area contributed by atoms with E-state index >= 15 is 0 Å². The number of aryl methyl sites for hydroxylation is 1. The molecule has 0 spiro atoms. The lowest BCUT2D eigenvalue weighted by Gasteiger charge is -2.26. The van der Waals surface area contributed by atoms with Crippen LogP contribution in [0.1, 0.15) is 35.6 Å². The van der Waals surface area contributed by atoms with Crippen molar-refractivity contribution < 1.29 is 23.8 Å². The molecule has 154 valence electrons. The number of hydrogen-bond donors (Lipinski definition) is 0. The Morgan fingerprint density at radius 1 is 1.07 bits per heavy atom. The highest BCUT2D eigenvalue weighted by Gasteiger charge is 2.32. The highest BCUT2D eigenvalue weighted by atomic mass is 16.5. The van der Waals surface area contributed by atoms with E-state index in [1.807, 2.05) is 49.4 Å². The van der Waals surface area contributed by atoms with Gasteiger partial charge in [0, 0.05) is 12.1 Å². The van der Waals surface area contributed by atoms with E-state index in [4.69, 9.17) is 14.2 Å². The van der Waals surface area contributed by atoms with Crippen LogP contribution in [0.2, 0.25) is 0 Å². The van der Waals surface area contributed by atoms with Crippen molar-refractivity contribution >= 4 is 11.9 Å². The Morgan fingerprint density at radius 2 is 1.83 bits per heavy atom. The first-order valence-corrected chi connectivity index (χ1v) is 9.74. The van der Waals surface area contributed by atoms with E-state index in [0.29, 0.717) is 18.0 Å². The molecule has 1 atom stereocenters. The van der Waals surface area contributed by atoms with Gasteiger partial charge in [-0.1, -0.05) is 29.8 Å². The average molecular weight is 397 g/mol. The number of amides is 1. The zero-order valence-electron chi connectivity index (χ0n) is 17.1. The van der Waals surface area contributed by atoms with Gasteiger partial charge in [-0.3, -0.25) is 9.59 Å². The highest BCUT2D eigenvalue weighted by Crippen LogP contribution is 2.38. The maximum absolute atomic E-state index is 12.8. The number of hydrogen-bond acceptors (Lipinski definition) is 5. The normalized spacial score (nSPS) is 15.8. The molecule has 1 fully saturated rings. The van der Waals surface area contributed by atoms with Crippen molar-refractivity contribution in [2.75, 3.05) is 27.4 Å². The molecule has 1 amide bonds. The van der Waals surface area contributed by atoms with E-state index in [0.717, 1.165) is 29.5 Å². The summed E-state index contributed by atoms with van der Waals surface area (Å²) in [5, 5.41) is 0. The molecule has 1 aliphatic heterocycles.